The Morgan fingerprint density at radius 2 is 2.00 bits per heavy atom. The maximum absolute atomic E-state index is 11.6. The molecule has 0 saturated carbocycles. The zero-order valence-electron chi connectivity index (χ0n) is 14.7. The Morgan fingerprint density at radius 1 is 1.35 bits per heavy atom. The van der Waals surface area contributed by atoms with Crippen LogP contribution in [0.25, 0.3) is 0 Å². The van der Waals surface area contributed by atoms with Crippen LogP contribution >= 0.6 is 0 Å². The number of unbranched alkanes of at least 4 members (excludes halogenated alkanes) is 3. The number of carbonyl (C=O) groups is 1. The fraction of sp³-hybridized carbons (Fsp3) is 0.750. The molecule has 7 heteroatoms. The Hall–Kier alpha value is -0.803. The zero-order chi connectivity index (χ0) is 17.0. The number of aliphatic imine (C=N–C) groups is 1. The Balaban J connectivity index is 0. The summed E-state index contributed by atoms with van der Waals surface area (Å²) in [5.41, 5.74) is 0. The molecule has 0 amide bonds. The molecule has 2 N–H and O–H groups in total. The first-order valence-electron chi connectivity index (χ1n) is 7.84. The minimum Gasteiger partial charge on any atom is -0.862 e. The number of aliphatic carboxylic acids is 1. The SMILES string of the molecule is C=CCCCCCC([O-])=NCCN(CC(C)O)C(C)C(=O)O.[Li+]. The van der Waals surface area contributed by atoms with E-state index in [1.807, 2.05) is 6.08 Å². The predicted molar refractivity (Wildman–Crippen MR) is 85.9 cm³/mol. The van der Waals surface area contributed by atoms with Crippen LogP contribution < -0.4 is 24.0 Å². The maximum atomic E-state index is 11.6. The van der Waals surface area contributed by atoms with E-state index in [4.69, 9.17) is 5.11 Å². The summed E-state index contributed by atoms with van der Waals surface area (Å²) in [6.07, 6.45) is 5.48. The summed E-state index contributed by atoms with van der Waals surface area (Å²) in [7, 11) is 0. The standard InChI is InChI=1S/C16H30N2O4.Li/c1-4-5-6-7-8-9-15(20)17-10-11-18(12-13(2)19)14(3)16(21)22;/h4,13-14,19H,1,5-12H2,2-3H3,(H,17,20)(H,21,22);/q;+1/p-1. The van der Waals surface area contributed by atoms with E-state index in [9.17, 15) is 15.0 Å². The zero-order valence-corrected chi connectivity index (χ0v) is 14.7. The Kier molecular flexibility index (Phi) is 15.7. The van der Waals surface area contributed by atoms with E-state index >= 15 is 0 Å². The number of allylic oxidation sites excluding steroid dienone is 1. The van der Waals surface area contributed by atoms with Crippen molar-refractivity contribution in [3.05, 3.63) is 12.7 Å². The molecule has 0 aromatic heterocycles. The topological polar surface area (TPSA) is 96.2 Å². The van der Waals surface area contributed by atoms with Crippen molar-refractivity contribution in [1.82, 2.24) is 4.90 Å². The number of rotatable bonds is 13. The molecule has 2 atom stereocenters. The molecule has 0 spiro atoms. The number of carboxylic acids is 1. The first kappa shape index (κ1) is 24.4. The van der Waals surface area contributed by atoms with Crippen LogP contribution in [0, 0.1) is 0 Å². The molecule has 0 bridgehead atoms. The normalized spacial score (nSPS) is 14.2. The van der Waals surface area contributed by atoms with Crippen molar-refractivity contribution in [1.29, 1.82) is 0 Å². The van der Waals surface area contributed by atoms with Gasteiger partial charge in [0.25, 0.3) is 0 Å². The molecular weight excluding hydrogens is 291 g/mol. The van der Waals surface area contributed by atoms with Crippen LogP contribution in [-0.4, -0.2) is 58.8 Å². The molecule has 0 aliphatic heterocycles. The van der Waals surface area contributed by atoms with Gasteiger partial charge in [0.05, 0.1) is 12.6 Å². The minimum absolute atomic E-state index is 0. The van der Waals surface area contributed by atoms with E-state index in [0.29, 0.717) is 13.0 Å². The first-order valence-corrected chi connectivity index (χ1v) is 7.84. The average Bonchev–Trinajstić information content (AvgIpc) is 2.44. The molecule has 0 aliphatic rings. The number of nitrogens with zero attached hydrogens (tertiary/aromatic N) is 2. The third kappa shape index (κ3) is 13.3. The van der Waals surface area contributed by atoms with Crippen LogP contribution in [0.4, 0.5) is 0 Å². The van der Waals surface area contributed by atoms with Crippen LogP contribution in [0.3, 0.4) is 0 Å². The van der Waals surface area contributed by atoms with Crippen molar-refractivity contribution in [2.45, 2.75) is 58.1 Å². The van der Waals surface area contributed by atoms with Gasteiger partial charge in [-0.3, -0.25) is 9.69 Å². The Morgan fingerprint density at radius 3 is 2.52 bits per heavy atom. The van der Waals surface area contributed by atoms with Crippen LogP contribution in [0.1, 0.15) is 46.0 Å². The molecular formula is C16H29LiN2O4. The van der Waals surface area contributed by atoms with Gasteiger partial charge >= 0.3 is 24.8 Å². The van der Waals surface area contributed by atoms with Gasteiger partial charge in [0, 0.05) is 13.1 Å². The Bertz CT molecular complexity index is 362. The van der Waals surface area contributed by atoms with Crippen LogP contribution in [0.5, 0.6) is 0 Å². The smallest absolute Gasteiger partial charge is 0.862 e. The molecule has 0 rings (SSSR count). The second-order valence-electron chi connectivity index (χ2n) is 5.52. The summed E-state index contributed by atoms with van der Waals surface area (Å²) < 4.78 is 0. The summed E-state index contributed by atoms with van der Waals surface area (Å²) in [5.74, 6) is -1.09. The van der Waals surface area contributed by atoms with E-state index in [1.54, 1.807) is 18.7 Å². The van der Waals surface area contributed by atoms with Gasteiger partial charge in [0.2, 0.25) is 0 Å². The minimum atomic E-state index is -0.950. The fourth-order valence-corrected chi connectivity index (χ4v) is 2.06. The van der Waals surface area contributed by atoms with Crippen molar-refractivity contribution < 1.29 is 39.0 Å². The first-order chi connectivity index (χ1) is 10.4. The summed E-state index contributed by atoms with van der Waals surface area (Å²) in [6.45, 7) is 7.67. The monoisotopic (exact) mass is 320 g/mol. The van der Waals surface area contributed by atoms with Gasteiger partial charge in [-0.25, -0.2) is 0 Å². The fourth-order valence-electron chi connectivity index (χ4n) is 2.06. The van der Waals surface area contributed by atoms with Crippen molar-refractivity contribution in [2.75, 3.05) is 19.6 Å². The van der Waals surface area contributed by atoms with Crippen molar-refractivity contribution in [3.8, 4) is 0 Å². The predicted octanol–water partition coefficient (Wildman–Crippen LogP) is -1.96. The van der Waals surface area contributed by atoms with Crippen molar-refractivity contribution in [2.24, 2.45) is 4.99 Å². The van der Waals surface area contributed by atoms with E-state index < -0.39 is 18.1 Å². The molecule has 0 fully saturated rings. The van der Waals surface area contributed by atoms with E-state index in [1.165, 1.54) is 0 Å². The van der Waals surface area contributed by atoms with E-state index in [-0.39, 0.29) is 37.8 Å². The molecule has 0 saturated heterocycles. The summed E-state index contributed by atoms with van der Waals surface area (Å²) in [6, 6.07) is -0.709. The van der Waals surface area contributed by atoms with Gasteiger partial charge in [-0.05, 0) is 45.4 Å². The molecule has 6 nitrogen and oxygen atoms in total. The maximum Gasteiger partial charge on any atom is 1.00 e. The molecule has 0 aliphatic carbocycles. The number of hydrogen-bond acceptors (Lipinski definition) is 5. The molecule has 0 heterocycles. The number of hydrogen-bond donors (Lipinski definition) is 2. The van der Waals surface area contributed by atoms with E-state index in [0.717, 1.165) is 25.7 Å². The van der Waals surface area contributed by atoms with Gasteiger partial charge in [0.1, 0.15) is 6.04 Å². The Labute approximate surface area is 151 Å². The van der Waals surface area contributed by atoms with Gasteiger partial charge in [-0.15, -0.1) is 6.58 Å². The number of aliphatic hydroxyl groups is 1. The third-order valence-corrected chi connectivity index (χ3v) is 3.38. The average molecular weight is 320 g/mol. The van der Waals surface area contributed by atoms with Gasteiger partial charge in [0.15, 0.2) is 0 Å². The largest absolute Gasteiger partial charge is 1.00 e. The van der Waals surface area contributed by atoms with E-state index in [2.05, 4.69) is 11.6 Å². The quantitative estimate of drug-likeness (QED) is 0.135. The second kappa shape index (κ2) is 14.8. The number of aliphatic hydroxyl groups excluding tert-OH is 1. The third-order valence-electron chi connectivity index (χ3n) is 3.38. The summed E-state index contributed by atoms with van der Waals surface area (Å²) >= 11 is 0. The molecule has 0 aromatic rings. The van der Waals surface area contributed by atoms with Crippen LogP contribution in [0.2, 0.25) is 0 Å². The van der Waals surface area contributed by atoms with Crippen molar-refractivity contribution >= 4 is 11.9 Å². The summed E-state index contributed by atoms with van der Waals surface area (Å²) in [4.78, 5) is 16.6. The van der Waals surface area contributed by atoms with Gasteiger partial charge in [-0.2, -0.15) is 0 Å². The molecule has 0 aromatic carbocycles. The van der Waals surface area contributed by atoms with Crippen LogP contribution in [0.15, 0.2) is 17.6 Å². The molecule has 23 heavy (non-hydrogen) atoms. The van der Waals surface area contributed by atoms with Crippen LogP contribution in [-0.2, 0) is 4.79 Å². The number of carboxylic acid groups (broad SMARTS) is 1. The second-order valence-corrected chi connectivity index (χ2v) is 5.52. The van der Waals surface area contributed by atoms with Crippen molar-refractivity contribution in [3.63, 3.8) is 0 Å². The molecule has 2 unspecified atom stereocenters. The summed E-state index contributed by atoms with van der Waals surface area (Å²) in [5, 5.41) is 30.1. The molecule has 0 radical (unpaired) electrons. The van der Waals surface area contributed by atoms with Gasteiger partial charge in [-0.1, -0.05) is 12.5 Å². The molecule has 128 valence electrons. The van der Waals surface area contributed by atoms with Gasteiger partial charge < -0.3 is 20.3 Å².